The minimum absolute atomic E-state index is 0.170. The molecule has 0 heterocycles. The quantitative estimate of drug-likeness (QED) is 0.519. The Labute approximate surface area is 154 Å². The standard InChI is InChI=1S/C19H30F2N4O/c1-3-22-19(23-12-13-25(2)16-9-5-6-10-16)24-14-15-8-4-7-11-17(15)26-18(20)21/h4,7-8,11,16,18H,3,5-6,9-10,12-14H2,1-2H3,(H2,22,23,24). The summed E-state index contributed by atoms with van der Waals surface area (Å²) in [7, 11) is 2.17. The topological polar surface area (TPSA) is 48.9 Å². The smallest absolute Gasteiger partial charge is 0.387 e. The summed E-state index contributed by atoms with van der Waals surface area (Å²) in [4.78, 5) is 6.90. The van der Waals surface area contributed by atoms with Crippen LogP contribution in [0.15, 0.2) is 29.3 Å². The normalized spacial score (nSPS) is 15.7. The Balaban J connectivity index is 1.87. The maximum absolute atomic E-state index is 12.5. The first-order chi connectivity index (χ1) is 12.6. The van der Waals surface area contributed by atoms with E-state index in [2.05, 4.69) is 32.3 Å². The highest BCUT2D eigenvalue weighted by molar-refractivity contribution is 5.79. The largest absolute Gasteiger partial charge is 0.434 e. The van der Waals surface area contributed by atoms with Gasteiger partial charge in [0.2, 0.25) is 0 Å². The third-order valence-electron chi connectivity index (χ3n) is 4.65. The van der Waals surface area contributed by atoms with Gasteiger partial charge in [-0.1, -0.05) is 31.0 Å². The Hall–Kier alpha value is -1.89. The van der Waals surface area contributed by atoms with Gasteiger partial charge in [-0.05, 0) is 32.9 Å². The van der Waals surface area contributed by atoms with E-state index in [-0.39, 0.29) is 12.3 Å². The first-order valence-electron chi connectivity index (χ1n) is 9.35. The highest BCUT2D eigenvalue weighted by atomic mass is 19.3. The molecule has 5 nitrogen and oxygen atoms in total. The molecule has 0 radical (unpaired) electrons. The zero-order chi connectivity index (χ0) is 18.8. The summed E-state index contributed by atoms with van der Waals surface area (Å²) < 4.78 is 29.6. The second kappa shape index (κ2) is 11.0. The summed E-state index contributed by atoms with van der Waals surface area (Å²) in [6.45, 7) is 1.90. The average Bonchev–Trinajstić information content (AvgIpc) is 3.15. The van der Waals surface area contributed by atoms with Crippen LogP contribution in [0.5, 0.6) is 5.75 Å². The van der Waals surface area contributed by atoms with Crippen LogP contribution < -0.4 is 15.4 Å². The minimum atomic E-state index is -2.84. The number of halogens is 2. The van der Waals surface area contributed by atoms with Gasteiger partial charge in [0, 0.05) is 31.2 Å². The Kier molecular flexibility index (Phi) is 8.61. The maximum atomic E-state index is 12.5. The molecule has 1 saturated carbocycles. The number of ether oxygens (including phenoxy) is 1. The summed E-state index contributed by atoms with van der Waals surface area (Å²) in [6.07, 6.45) is 5.22. The Morgan fingerprint density at radius 3 is 2.69 bits per heavy atom. The van der Waals surface area contributed by atoms with Crippen LogP contribution in [0.3, 0.4) is 0 Å². The number of guanidine groups is 1. The first-order valence-corrected chi connectivity index (χ1v) is 9.35. The molecule has 2 N–H and O–H groups in total. The molecule has 7 heteroatoms. The number of aliphatic imine (C=N–C) groups is 1. The molecule has 0 aliphatic heterocycles. The van der Waals surface area contributed by atoms with E-state index in [1.807, 2.05) is 6.92 Å². The van der Waals surface area contributed by atoms with E-state index >= 15 is 0 Å². The zero-order valence-corrected chi connectivity index (χ0v) is 15.7. The molecule has 1 aromatic carbocycles. The minimum Gasteiger partial charge on any atom is -0.434 e. The molecule has 0 aromatic heterocycles. The maximum Gasteiger partial charge on any atom is 0.387 e. The van der Waals surface area contributed by atoms with Crippen molar-refractivity contribution in [1.29, 1.82) is 0 Å². The second-order valence-corrected chi connectivity index (χ2v) is 6.53. The fourth-order valence-corrected chi connectivity index (χ4v) is 3.23. The van der Waals surface area contributed by atoms with Crippen LogP contribution in [-0.4, -0.2) is 50.2 Å². The molecule has 0 bridgehead atoms. The molecule has 26 heavy (non-hydrogen) atoms. The number of nitrogens with one attached hydrogen (secondary N) is 2. The summed E-state index contributed by atoms with van der Waals surface area (Å²) in [6, 6.07) is 7.44. The molecule has 2 rings (SSSR count). The number of alkyl halides is 2. The van der Waals surface area contributed by atoms with Crippen LogP contribution in [0.2, 0.25) is 0 Å². The number of para-hydroxylation sites is 1. The second-order valence-electron chi connectivity index (χ2n) is 6.53. The molecule has 1 aromatic rings. The highest BCUT2D eigenvalue weighted by Crippen LogP contribution is 2.22. The third kappa shape index (κ3) is 6.78. The van der Waals surface area contributed by atoms with Crippen LogP contribution in [0, 0.1) is 0 Å². The number of hydrogen-bond donors (Lipinski definition) is 2. The Morgan fingerprint density at radius 1 is 1.27 bits per heavy atom. The number of hydrogen-bond acceptors (Lipinski definition) is 3. The van der Waals surface area contributed by atoms with Crippen molar-refractivity contribution in [1.82, 2.24) is 15.5 Å². The summed E-state index contributed by atoms with van der Waals surface area (Å²) in [5.74, 6) is 0.849. The van der Waals surface area contributed by atoms with E-state index in [1.165, 1.54) is 31.7 Å². The average molecular weight is 368 g/mol. The SMILES string of the molecule is CCNC(=NCc1ccccc1OC(F)F)NCCN(C)C1CCCC1. The lowest BCUT2D eigenvalue weighted by atomic mass is 10.2. The summed E-state index contributed by atoms with van der Waals surface area (Å²) in [5.41, 5.74) is 0.632. The van der Waals surface area contributed by atoms with Crippen molar-refractivity contribution in [2.75, 3.05) is 26.7 Å². The molecular formula is C19H30F2N4O. The van der Waals surface area contributed by atoms with Crippen LogP contribution in [-0.2, 0) is 6.54 Å². The van der Waals surface area contributed by atoms with Crippen molar-refractivity contribution in [2.45, 2.75) is 51.8 Å². The van der Waals surface area contributed by atoms with E-state index < -0.39 is 6.61 Å². The third-order valence-corrected chi connectivity index (χ3v) is 4.65. The van der Waals surface area contributed by atoms with E-state index in [0.717, 1.165) is 19.6 Å². The van der Waals surface area contributed by atoms with Crippen molar-refractivity contribution in [3.63, 3.8) is 0 Å². The number of likely N-dealkylation sites (N-methyl/N-ethyl adjacent to an activating group) is 1. The lowest BCUT2D eigenvalue weighted by molar-refractivity contribution is -0.0504. The molecule has 0 saturated heterocycles. The van der Waals surface area contributed by atoms with E-state index in [0.29, 0.717) is 17.6 Å². The zero-order valence-electron chi connectivity index (χ0n) is 15.7. The lowest BCUT2D eigenvalue weighted by Crippen LogP contribution is -2.42. The van der Waals surface area contributed by atoms with Gasteiger partial charge >= 0.3 is 6.61 Å². The van der Waals surface area contributed by atoms with Crippen LogP contribution >= 0.6 is 0 Å². The van der Waals surface area contributed by atoms with Gasteiger partial charge in [-0.25, -0.2) is 4.99 Å². The number of nitrogens with zero attached hydrogens (tertiary/aromatic N) is 2. The van der Waals surface area contributed by atoms with Crippen molar-refractivity contribution in [2.24, 2.45) is 4.99 Å². The molecular weight excluding hydrogens is 338 g/mol. The van der Waals surface area contributed by atoms with Gasteiger partial charge in [0.05, 0.1) is 6.54 Å². The van der Waals surface area contributed by atoms with Gasteiger partial charge in [0.25, 0.3) is 0 Å². The van der Waals surface area contributed by atoms with Gasteiger partial charge in [-0.2, -0.15) is 8.78 Å². The van der Waals surface area contributed by atoms with Gasteiger partial charge in [-0.15, -0.1) is 0 Å². The van der Waals surface area contributed by atoms with Crippen molar-refractivity contribution >= 4 is 5.96 Å². The number of benzene rings is 1. The first kappa shape index (κ1) is 20.4. The molecule has 0 atom stereocenters. The fourth-order valence-electron chi connectivity index (χ4n) is 3.23. The number of rotatable bonds is 9. The molecule has 1 aliphatic rings. The molecule has 146 valence electrons. The molecule has 0 unspecified atom stereocenters. The molecule has 0 spiro atoms. The Morgan fingerprint density at radius 2 is 2.00 bits per heavy atom. The predicted molar refractivity (Wildman–Crippen MR) is 101 cm³/mol. The van der Waals surface area contributed by atoms with Gasteiger partial charge < -0.3 is 20.3 Å². The molecule has 1 aliphatic carbocycles. The van der Waals surface area contributed by atoms with Gasteiger partial charge in [0.1, 0.15) is 5.75 Å². The highest BCUT2D eigenvalue weighted by Gasteiger charge is 2.18. The summed E-state index contributed by atoms with van der Waals surface area (Å²) in [5, 5.41) is 6.50. The Bertz CT molecular complexity index is 562. The van der Waals surface area contributed by atoms with Crippen molar-refractivity contribution in [3.8, 4) is 5.75 Å². The van der Waals surface area contributed by atoms with E-state index in [9.17, 15) is 8.78 Å². The van der Waals surface area contributed by atoms with Crippen LogP contribution in [0.25, 0.3) is 0 Å². The van der Waals surface area contributed by atoms with E-state index in [4.69, 9.17) is 0 Å². The van der Waals surface area contributed by atoms with Gasteiger partial charge in [-0.3, -0.25) is 0 Å². The van der Waals surface area contributed by atoms with Gasteiger partial charge in [0.15, 0.2) is 5.96 Å². The van der Waals surface area contributed by atoms with Crippen LogP contribution in [0.1, 0.15) is 38.2 Å². The monoisotopic (exact) mass is 368 g/mol. The molecule has 1 fully saturated rings. The van der Waals surface area contributed by atoms with Crippen LogP contribution in [0.4, 0.5) is 8.78 Å². The molecule has 0 amide bonds. The summed E-state index contributed by atoms with van der Waals surface area (Å²) >= 11 is 0. The predicted octanol–water partition coefficient (Wildman–Crippen LogP) is 3.22. The lowest BCUT2D eigenvalue weighted by Gasteiger charge is -2.24. The van der Waals surface area contributed by atoms with Crippen molar-refractivity contribution < 1.29 is 13.5 Å². The fraction of sp³-hybridized carbons (Fsp3) is 0.632. The van der Waals surface area contributed by atoms with Crippen molar-refractivity contribution in [3.05, 3.63) is 29.8 Å². The van der Waals surface area contributed by atoms with E-state index in [1.54, 1.807) is 18.2 Å².